The summed E-state index contributed by atoms with van der Waals surface area (Å²) in [5, 5.41) is 2.00. The van der Waals surface area contributed by atoms with Crippen molar-refractivity contribution in [3.05, 3.63) is 107 Å². The largest absolute Gasteiger partial charge is 0.497 e. The molecule has 0 saturated carbocycles. The topological polar surface area (TPSA) is 84.0 Å². The van der Waals surface area contributed by atoms with E-state index in [1.807, 2.05) is 24.3 Å². The third-order valence-corrected chi connectivity index (χ3v) is 6.96. The van der Waals surface area contributed by atoms with Crippen LogP contribution < -0.4 is 9.64 Å². The molecule has 0 aromatic heterocycles. The molecule has 6 rings (SSSR count). The first kappa shape index (κ1) is 26.6. The smallest absolute Gasteiger partial charge is 0.262 e. The van der Waals surface area contributed by atoms with Crippen molar-refractivity contribution >= 4 is 56.6 Å². The number of nitrogens with zero attached hydrogens (tertiary/aromatic N) is 2. The zero-order valence-corrected chi connectivity index (χ0v) is 23.0. The van der Waals surface area contributed by atoms with E-state index in [2.05, 4.69) is 0 Å². The van der Waals surface area contributed by atoms with Gasteiger partial charge in [0.2, 0.25) is 0 Å². The van der Waals surface area contributed by atoms with Gasteiger partial charge < -0.3 is 9.64 Å². The number of benzene rings is 4. The minimum Gasteiger partial charge on any atom is -0.497 e. The Morgan fingerprint density at radius 2 is 1.28 bits per heavy atom. The number of methoxy groups -OCH3 is 1. The minimum atomic E-state index is -0.984. The first-order valence-corrected chi connectivity index (χ1v) is 14.4. The maximum atomic E-state index is 13.6. The second-order valence-electron chi connectivity index (χ2n) is 9.28. The van der Waals surface area contributed by atoms with E-state index >= 15 is 0 Å². The molecule has 2 atom stereocenters. The maximum Gasteiger partial charge on any atom is 0.262 e. The highest BCUT2D eigenvalue weighted by atomic mass is 35.5. The summed E-state index contributed by atoms with van der Waals surface area (Å²) in [6.45, 7) is 0. The number of anilines is 1. The predicted octanol–water partition coefficient (Wildman–Crippen LogP) is 5.25. The third kappa shape index (κ3) is 4.70. The Balaban J connectivity index is 0.000000723. The predicted molar refractivity (Wildman–Crippen MR) is 153 cm³/mol. The van der Waals surface area contributed by atoms with Gasteiger partial charge in [0, 0.05) is 50.5 Å². The van der Waals surface area contributed by atoms with E-state index in [0.717, 1.165) is 15.8 Å². The van der Waals surface area contributed by atoms with Crippen LogP contribution in [-0.4, -0.2) is 52.5 Å². The first-order chi connectivity index (χ1) is 18.7. The lowest BCUT2D eigenvalue weighted by Crippen LogP contribution is -2.68. The zero-order valence-electron chi connectivity index (χ0n) is 21.5. The molecule has 1 saturated heterocycles. The van der Waals surface area contributed by atoms with Crippen molar-refractivity contribution in [3.8, 4) is 5.75 Å². The van der Waals surface area contributed by atoms with Crippen molar-refractivity contribution in [2.75, 3.05) is 24.5 Å². The van der Waals surface area contributed by atoms with E-state index in [-0.39, 0.29) is 5.91 Å². The molecule has 0 N–H and O–H groups in total. The van der Waals surface area contributed by atoms with Crippen molar-refractivity contribution in [2.45, 2.75) is 12.1 Å². The molecule has 2 aliphatic rings. The Morgan fingerprint density at radius 1 is 0.744 bits per heavy atom. The summed E-state index contributed by atoms with van der Waals surface area (Å²) in [6, 6.07) is 23.4. The third-order valence-electron chi connectivity index (χ3n) is 6.71. The van der Waals surface area contributed by atoms with Gasteiger partial charge in [-0.05, 0) is 59.5 Å². The molecule has 2 aliphatic heterocycles. The number of halogens is 1. The summed E-state index contributed by atoms with van der Waals surface area (Å²) in [7, 11) is 0.961. The maximum absolute atomic E-state index is 13.6. The molecule has 4 aromatic carbocycles. The Hall–Kier alpha value is -4.01. The minimum absolute atomic E-state index is 0.330. The molecule has 39 heavy (non-hydrogen) atoms. The molecule has 0 radical (unpaired) electrons. The van der Waals surface area contributed by atoms with Gasteiger partial charge in [-0.3, -0.25) is 23.5 Å². The molecule has 2 heterocycles. The molecule has 9 heteroatoms. The quantitative estimate of drug-likeness (QED) is 0.251. The van der Waals surface area contributed by atoms with Crippen LogP contribution in [0.1, 0.15) is 32.3 Å². The summed E-state index contributed by atoms with van der Waals surface area (Å²) < 4.78 is 14.8. The van der Waals surface area contributed by atoms with Crippen molar-refractivity contribution in [3.63, 3.8) is 0 Å². The second kappa shape index (κ2) is 10.6. The van der Waals surface area contributed by atoms with Gasteiger partial charge in [0.05, 0.1) is 13.2 Å². The normalized spacial score (nSPS) is 18.1. The van der Waals surface area contributed by atoms with E-state index in [9.17, 15) is 18.6 Å². The van der Waals surface area contributed by atoms with E-state index in [4.69, 9.17) is 16.3 Å². The van der Waals surface area contributed by atoms with Crippen LogP contribution in [-0.2, 0) is 15.6 Å². The van der Waals surface area contributed by atoms with Gasteiger partial charge in [-0.25, -0.2) is 0 Å². The van der Waals surface area contributed by atoms with Gasteiger partial charge in [-0.2, -0.15) is 0 Å². The van der Waals surface area contributed by atoms with E-state index < -0.39 is 34.7 Å². The Kier molecular flexibility index (Phi) is 7.25. The van der Waals surface area contributed by atoms with Crippen LogP contribution in [0.4, 0.5) is 5.69 Å². The SMILES string of the molecule is COc1ccc(N2C(=O)[C@@H](N3C(=O)c4cccc5cccc(c45)C3=O)[C@@H]2c2ccc(Cl)cc2)cc1.CS(C)=O. The molecule has 198 valence electrons. The van der Waals surface area contributed by atoms with E-state index in [1.54, 1.807) is 85.2 Å². The second-order valence-corrected chi connectivity index (χ2v) is 11.2. The standard InChI is InChI=1S/C28H19ClN2O4.C2H6OS/c1-35-20-14-12-19(13-15-20)30-24(17-8-10-18(29)11-9-17)25(28(30)34)31-26(32)21-6-2-4-16-5-3-7-22(23(16)21)27(31)33;1-4(2)3/h2-15,24-25H,1H3;1-2H3/t24-,25-;/m0./s1. The molecule has 0 spiro atoms. The van der Waals surface area contributed by atoms with E-state index in [0.29, 0.717) is 33.0 Å². The van der Waals surface area contributed by atoms with Crippen LogP contribution in [0.2, 0.25) is 5.02 Å². The highest BCUT2D eigenvalue weighted by molar-refractivity contribution is 7.83. The molecule has 3 amide bonds. The van der Waals surface area contributed by atoms with Crippen LogP contribution in [0.15, 0.2) is 84.9 Å². The van der Waals surface area contributed by atoms with Gasteiger partial charge in [-0.15, -0.1) is 0 Å². The van der Waals surface area contributed by atoms with Crippen molar-refractivity contribution in [1.82, 2.24) is 4.90 Å². The summed E-state index contributed by atoms with van der Waals surface area (Å²) in [5.41, 5.74) is 2.26. The number of β-lactam (4-membered cyclic amide) rings is 1. The fourth-order valence-corrected chi connectivity index (χ4v) is 5.18. The van der Waals surface area contributed by atoms with Gasteiger partial charge >= 0.3 is 0 Å². The number of carbonyl (C=O) groups is 3. The van der Waals surface area contributed by atoms with Crippen molar-refractivity contribution < 1.29 is 23.3 Å². The van der Waals surface area contributed by atoms with Gasteiger partial charge in [0.1, 0.15) is 11.8 Å². The van der Waals surface area contributed by atoms with Gasteiger partial charge in [0.15, 0.2) is 0 Å². The number of amides is 3. The van der Waals surface area contributed by atoms with Crippen LogP contribution in [0.3, 0.4) is 0 Å². The van der Waals surface area contributed by atoms with Crippen LogP contribution in [0.5, 0.6) is 5.75 Å². The lowest BCUT2D eigenvalue weighted by molar-refractivity contribution is -0.130. The Bertz CT molecular complexity index is 1570. The monoisotopic (exact) mass is 560 g/mol. The highest BCUT2D eigenvalue weighted by Gasteiger charge is 2.56. The number of carbonyl (C=O) groups excluding carboxylic acids is 3. The van der Waals surface area contributed by atoms with Crippen LogP contribution >= 0.6 is 11.6 Å². The van der Waals surface area contributed by atoms with Gasteiger partial charge in [0.25, 0.3) is 17.7 Å². The summed E-state index contributed by atoms with van der Waals surface area (Å²) in [5.74, 6) is -0.604. The molecule has 4 aromatic rings. The summed E-state index contributed by atoms with van der Waals surface area (Å²) in [4.78, 5) is 43.7. The van der Waals surface area contributed by atoms with Crippen molar-refractivity contribution in [1.29, 1.82) is 0 Å². The zero-order chi connectivity index (χ0) is 27.8. The lowest BCUT2D eigenvalue weighted by Gasteiger charge is -2.51. The molecule has 1 fully saturated rings. The van der Waals surface area contributed by atoms with Gasteiger partial charge in [-0.1, -0.05) is 48.0 Å². The average Bonchev–Trinajstić information content (AvgIpc) is 2.93. The lowest BCUT2D eigenvalue weighted by atomic mass is 9.84. The first-order valence-electron chi connectivity index (χ1n) is 12.1. The Labute approximate surface area is 233 Å². The molecule has 7 nitrogen and oxygen atoms in total. The van der Waals surface area contributed by atoms with Crippen LogP contribution in [0, 0.1) is 0 Å². The number of imide groups is 1. The molecule has 0 bridgehead atoms. The molecular formula is C30H25ClN2O5S. The molecule has 0 aliphatic carbocycles. The highest BCUT2D eigenvalue weighted by Crippen LogP contribution is 2.45. The molecular weight excluding hydrogens is 536 g/mol. The van der Waals surface area contributed by atoms with Crippen LogP contribution in [0.25, 0.3) is 10.8 Å². The fraction of sp³-hybridized carbons (Fsp3) is 0.167. The number of ether oxygens (including phenoxy) is 1. The van der Waals surface area contributed by atoms with Crippen molar-refractivity contribution in [2.24, 2.45) is 0 Å². The molecule has 0 unspecified atom stereocenters. The Morgan fingerprint density at radius 3 is 1.79 bits per heavy atom. The average molecular weight is 561 g/mol. The number of rotatable bonds is 4. The number of hydrogen-bond acceptors (Lipinski definition) is 5. The number of hydrogen-bond donors (Lipinski definition) is 0. The summed E-state index contributed by atoms with van der Waals surface area (Å²) in [6.07, 6.45) is 3.28. The van der Waals surface area contributed by atoms with E-state index in [1.165, 1.54) is 0 Å². The summed E-state index contributed by atoms with van der Waals surface area (Å²) >= 11 is 6.11. The fourth-order valence-electron chi connectivity index (χ4n) is 5.05.